The molecule has 1 fully saturated rings. The first-order valence-corrected chi connectivity index (χ1v) is 7.94. The van der Waals surface area contributed by atoms with Gasteiger partial charge in [0.1, 0.15) is 5.75 Å². The molecule has 1 aromatic carbocycles. The molecule has 0 unspecified atom stereocenters. The number of nitrogens with zero attached hydrogens (tertiary/aromatic N) is 2. The van der Waals surface area contributed by atoms with E-state index in [4.69, 9.17) is 16.1 Å². The van der Waals surface area contributed by atoms with Crippen LogP contribution >= 0.6 is 11.6 Å². The van der Waals surface area contributed by atoms with Crippen molar-refractivity contribution in [3.63, 3.8) is 0 Å². The quantitative estimate of drug-likeness (QED) is 0.855. The first-order chi connectivity index (χ1) is 10.2. The lowest BCUT2D eigenvalue weighted by Gasteiger charge is -2.15. The highest BCUT2D eigenvalue weighted by atomic mass is 35.5. The van der Waals surface area contributed by atoms with E-state index in [2.05, 4.69) is 10.1 Å². The summed E-state index contributed by atoms with van der Waals surface area (Å²) in [5.74, 6) is 1.72. The summed E-state index contributed by atoms with van der Waals surface area (Å²) in [7, 11) is 0. The van der Waals surface area contributed by atoms with Gasteiger partial charge in [-0.3, -0.25) is 0 Å². The van der Waals surface area contributed by atoms with Crippen molar-refractivity contribution in [3.8, 4) is 17.2 Å². The molecular formula is C16H19ClN2O2. The normalized spacial score (nSPS) is 17.4. The molecule has 3 rings (SSSR count). The fraction of sp³-hybridized carbons (Fsp3) is 0.500. The van der Waals surface area contributed by atoms with Crippen LogP contribution < -0.4 is 0 Å². The smallest absolute Gasteiger partial charge is 0.257 e. The predicted molar refractivity (Wildman–Crippen MR) is 81.5 cm³/mol. The molecule has 1 N–H and O–H groups in total. The third-order valence-electron chi connectivity index (χ3n) is 4.11. The lowest BCUT2D eigenvalue weighted by Crippen LogP contribution is -2.04. The van der Waals surface area contributed by atoms with Crippen LogP contribution in [0.1, 0.15) is 56.7 Å². The van der Waals surface area contributed by atoms with E-state index in [0.29, 0.717) is 16.8 Å². The SMILES string of the molecule is Oc1ccc(-c2nc(C3CCCCCCC3)no2)cc1Cl. The second-order valence-electron chi connectivity index (χ2n) is 5.67. The van der Waals surface area contributed by atoms with E-state index < -0.39 is 0 Å². The van der Waals surface area contributed by atoms with E-state index in [9.17, 15) is 5.11 Å². The monoisotopic (exact) mass is 306 g/mol. The van der Waals surface area contributed by atoms with Crippen LogP contribution in [-0.4, -0.2) is 15.2 Å². The topological polar surface area (TPSA) is 59.2 Å². The van der Waals surface area contributed by atoms with Crippen molar-refractivity contribution in [2.24, 2.45) is 0 Å². The van der Waals surface area contributed by atoms with Crippen LogP contribution in [-0.2, 0) is 0 Å². The molecule has 1 heterocycles. The van der Waals surface area contributed by atoms with Gasteiger partial charge in [0.2, 0.25) is 0 Å². The average Bonchev–Trinajstić information content (AvgIpc) is 2.91. The van der Waals surface area contributed by atoms with Gasteiger partial charge in [0, 0.05) is 11.5 Å². The number of phenolic OH excluding ortho intramolecular Hbond substituents is 1. The van der Waals surface area contributed by atoms with Gasteiger partial charge in [0.25, 0.3) is 5.89 Å². The number of halogens is 1. The van der Waals surface area contributed by atoms with Crippen molar-refractivity contribution in [1.82, 2.24) is 10.1 Å². The van der Waals surface area contributed by atoms with Gasteiger partial charge in [-0.1, -0.05) is 48.9 Å². The minimum absolute atomic E-state index is 0.0557. The number of hydrogen-bond donors (Lipinski definition) is 1. The number of aromatic nitrogens is 2. The maximum Gasteiger partial charge on any atom is 0.257 e. The maximum absolute atomic E-state index is 9.46. The van der Waals surface area contributed by atoms with Crippen LogP contribution in [0.25, 0.3) is 11.5 Å². The molecule has 1 aromatic heterocycles. The van der Waals surface area contributed by atoms with Gasteiger partial charge in [0.05, 0.1) is 5.02 Å². The van der Waals surface area contributed by atoms with E-state index in [1.807, 2.05) is 0 Å². The van der Waals surface area contributed by atoms with Crippen molar-refractivity contribution in [3.05, 3.63) is 29.0 Å². The summed E-state index contributed by atoms with van der Waals surface area (Å²) in [5.41, 5.74) is 0.738. The van der Waals surface area contributed by atoms with E-state index in [-0.39, 0.29) is 5.75 Å². The highest BCUT2D eigenvalue weighted by molar-refractivity contribution is 6.32. The molecule has 0 bridgehead atoms. The van der Waals surface area contributed by atoms with Crippen LogP contribution in [0.3, 0.4) is 0 Å². The van der Waals surface area contributed by atoms with Crippen LogP contribution in [0.15, 0.2) is 22.7 Å². The Labute approximate surface area is 129 Å². The molecule has 1 saturated carbocycles. The van der Waals surface area contributed by atoms with Crippen LogP contribution in [0, 0.1) is 0 Å². The summed E-state index contributed by atoms with van der Waals surface area (Å²) in [5, 5.41) is 13.9. The number of aromatic hydroxyl groups is 1. The molecular weight excluding hydrogens is 288 g/mol. The first-order valence-electron chi connectivity index (χ1n) is 7.56. The summed E-state index contributed by atoms with van der Waals surface area (Å²) < 4.78 is 5.37. The van der Waals surface area contributed by atoms with Crippen molar-refractivity contribution in [2.45, 2.75) is 50.9 Å². The zero-order valence-electron chi connectivity index (χ0n) is 11.9. The van der Waals surface area contributed by atoms with Crippen molar-refractivity contribution in [1.29, 1.82) is 0 Å². The number of rotatable bonds is 2. The summed E-state index contributed by atoms with van der Waals surface area (Å²) in [6, 6.07) is 4.92. The second kappa shape index (κ2) is 6.48. The van der Waals surface area contributed by atoms with E-state index in [1.165, 1.54) is 38.2 Å². The molecule has 0 radical (unpaired) electrons. The number of phenols is 1. The second-order valence-corrected chi connectivity index (χ2v) is 6.07. The largest absolute Gasteiger partial charge is 0.506 e. The molecule has 0 saturated heterocycles. The van der Waals surface area contributed by atoms with Crippen molar-refractivity contribution >= 4 is 11.6 Å². The zero-order chi connectivity index (χ0) is 14.7. The lowest BCUT2D eigenvalue weighted by atomic mass is 9.91. The summed E-state index contributed by atoms with van der Waals surface area (Å²) in [6.07, 6.45) is 8.68. The van der Waals surface area contributed by atoms with Gasteiger partial charge in [0.15, 0.2) is 5.82 Å². The van der Waals surface area contributed by atoms with E-state index in [1.54, 1.807) is 12.1 Å². The third-order valence-corrected chi connectivity index (χ3v) is 4.41. The molecule has 2 aromatic rings. The minimum Gasteiger partial charge on any atom is -0.506 e. The molecule has 0 aliphatic heterocycles. The number of hydrogen-bond acceptors (Lipinski definition) is 4. The first kappa shape index (κ1) is 14.4. The molecule has 21 heavy (non-hydrogen) atoms. The fourth-order valence-electron chi connectivity index (χ4n) is 2.87. The van der Waals surface area contributed by atoms with Crippen molar-refractivity contribution < 1.29 is 9.63 Å². The Hall–Kier alpha value is -1.55. The predicted octanol–water partition coefficient (Wildman–Crippen LogP) is 4.92. The fourth-order valence-corrected chi connectivity index (χ4v) is 3.05. The molecule has 0 amide bonds. The molecule has 4 nitrogen and oxygen atoms in total. The minimum atomic E-state index is 0.0557. The Kier molecular flexibility index (Phi) is 4.44. The Morgan fingerprint density at radius 3 is 2.52 bits per heavy atom. The van der Waals surface area contributed by atoms with Gasteiger partial charge in [-0.25, -0.2) is 0 Å². The molecule has 112 valence electrons. The van der Waals surface area contributed by atoms with E-state index in [0.717, 1.165) is 24.2 Å². The van der Waals surface area contributed by atoms with Crippen molar-refractivity contribution in [2.75, 3.05) is 0 Å². The zero-order valence-corrected chi connectivity index (χ0v) is 12.6. The third kappa shape index (κ3) is 3.38. The number of benzene rings is 1. The Morgan fingerprint density at radius 1 is 1.10 bits per heavy atom. The maximum atomic E-state index is 9.46. The van der Waals surface area contributed by atoms with Crippen LogP contribution in [0.4, 0.5) is 0 Å². The molecule has 1 aliphatic carbocycles. The van der Waals surface area contributed by atoms with Gasteiger partial charge in [-0.05, 0) is 31.0 Å². The highest BCUT2D eigenvalue weighted by Crippen LogP contribution is 2.32. The summed E-state index contributed by atoms with van der Waals surface area (Å²) >= 11 is 5.92. The summed E-state index contributed by atoms with van der Waals surface area (Å²) in [4.78, 5) is 4.53. The summed E-state index contributed by atoms with van der Waals surface area (Å²) in [6.45, 7) is 0. The van der Waals surface area contributed by atoms with Crippen LogP contribution in [0.5, 0.6) is 5.75 Å². The highest BCUT2D eigenvalue weighted by Gasteiger charge is 2.20. The Bertz CT molecular complexity index is 604. The lowest BCUT2D eigenvalue weighted by molar-refractivity contribution is 0.393. The molecule has 0 atom stereocenters. The molecule has 1 aliphatic rings. The molecule has 0 spiro atoms. The average molecular weight is 307 g/mol. The Balaban J connectivity index is 1.79. The Morgan fingerprint density at radius 2 is 1.81 bits per heavy atom. The van der Waals surface area contributed by atoms with Crippen LogP contribution in [0.2, 0.25) is 5.02 Å². The van der Waals surface area contributed by atoms with Gasteiger partial charge in [-0.15, -0.1) is 0 Å². The van der Waals surface area contributed by atoms with Gasteiger partial charge in [-0.2, -0.15) is 4.98 Å². The standard InChI is InChI=1S/C16H19ClN2O2/c17-13-10-12(8-9-14(13)20)16-18-15(19-21-16)11-6-4-2-1-3-5-7-11/h8-11,20H,1-7H2. The van der Waals surface area contributed by atoms with E-state index >= 15 is 0 Å². The molecule has 5 heteroatoms. The van der Waals surface area contributed by atoms with Gasteiger partial charge >= 0.3 is 0 Å². The van der Waals surface area contributed by atoms with Gasteiger partial charge < -0.3 is 9.63 Å².